The molecule has 0 saturated carbocycles. The van der Waals surface area contributed by atoms with Gasteiger partial charge in [0.2, 0.25) is 0 Å². The lowest BCUT2D eigenvalue weighted by Gasteiger charge is -1.89. The molecule has 54 valence electrons. The summed E-state index contributed by atoms with van der Waals surface area (Å²) in [6.45, 7) is 0. The second kappa shape index (κ2) is 3.12. The third-order valence-corrected chi connectivity index (χ3v) is 2.40. The number of nitrogens with zero attached hydrogens (tertiary/aromatic N) is 1. The summed E-state index contributed by atoms with van der Waals surface area (Å²) in [6.07, 6.45) is 1.54. The van der Waals surface area contributed by atoms with E-state index in [-0.39, 0.29) is 5.91 Å². The van der Waals surface area contributed by atoms with Gasteiger partial charge in [-0.15, -0.1) is 11.3 Å². The van der Waals surface area contributed by atoms with E-state index in [0.29, 0.717) is 4.88 Å². The average Bonchev–Trinajstić information content (AvgIpc) is 2.34. The minimum absolute atomic E-state index is 0.0943. The molecule has 1 rings (SSSR count). The Morgan fingerprint density at radius 1 is 1.90 bits per heavy atom. The Bertz CT molecular complexity index is 248. The molecule has 0 aliphatic heterocycles. The fourth-order valence-electron chi connectivity index (χ4n) is 0.481. The molecule has 1 amide bonds. The van der Waals surface area contributed by atoms with Gasteiger partial charge in [0.05, 0.1) is 6.20 Å². The average molecular weight is 221 g/mol. The third kappa shape index (κ3) is 1.54. The molecule has 0 unspecified atom stereocenters. The van der Waals surface area contributed by atoms with Crippen molar-refractivity contribution >= 4 is 33.2 Å². The van der Waals surface area contributed by atoms with Crippen LogP contribution in [0.5, 0.6) is 0 Å². The number of hydrogen-bond acceptors (Lipinski definition) is 3. The normalized spacial score (nSPS) is 9.40. The maximum absolute atomic E-state index is 10.9. The van der Waals surface area contributed by atoms with Crippen molar-refractivity contribution in [1.29, 1.82) is 0 Å². The van der Waals surface area contributed by atoms with E-state index in [1.807, 2.05) is 0 Å². The van der Waals surface area contributed by atoms with Gasteiger partial charge in [-0.25, -0.2) is 4.98 Å². The van der Waals surface area contributed by atoms with Gasteiger partial charge in [-0.3, -0.25) is 4.79 Å². The lowest BCUT2D eigenvalue weighted by molar-refractivity contribution is 0.0967. The van der Waals surface area contributed by atoms with Gasteiger partial charge in [0.15, 0.2) is 3.92 Å². The number of nitrogens with one attached hydrogen (secondary N) is 1. The van der Waals surface area contributed by atoms with Gasteiger partial charge in [-0.2, -0.15) is 0 Å². The predicted octanol–water partition coefficient (Wildman–Crippen LogP) is 1.27. The number of rotatable bonds is 1. The lowest BCUT2D eigenvalue weighted by Crippen LogP contribution is -2.16. The monoisotopic (exact) mass is 220 g/mol. The van der Waals surface area contributed by atoms with E-state index in [1.54, 1.807) is 7.05 Å². The van der Waals surface area contributed by atoms with Gasteiger partial charge in [-0.1, -0.05) is 0 Å². The lowest BCUT2D eigenvalue weighted by atomic mass is 10.5. The first-order chi connectivity index (χ1) is 4.74. The van der Waals surface area contributed by atoms with Crippen LogP contribution >= 0.6 is 27.3 Å². The quantitative estimate of drug-likeness (QED) is 0.775. The van der Waals surface area contributed by atoms with Crippen molar-refractivity contribution in [2.45, 2.75) is 0 Å². The van der Waals surface area contributed by atoms with Crippen LogP contribution in [0.2, 0.25) is 0 Å². The Hall–Kier alpha value is -0.420. The molecule has 0 aromatic carbocycles. The van der Waals surface area contributed by atoms with Gasteiger partial charge in [-0.05, 0) is 15.9 Å². The second-order valence-corrected chi connectivity index (χ2v) is 3.86. The van der Waals surface area contributed by atoms with Crippen LogP contribution in [-0.2, 0) is 0 Å². The van der Waals surface area contributed by atoms with Gasteiger partial charge in [0, 0.05) is 7.05 Å². The molecule has 0 atom stereocenters. The SMILES string of the molecule is CNC(=O)c1cnc(Br)s1. The highest BCUT2D eigenvalue weighted by Crippen LogP contribution is 2.17. The first-order valence-corrected chi connectivity index (χ1v) is 4.18. The van der Waals surface area contributed by atoms with Crippen molar-refractivity contribution in [3.8, 4) is 0 Å². The summed E-state index contributed by atoms with van der Waals surface area (Å²) in [5.41, 5.74) is 0. The molecule has 0 spiro atoms. The first-order valence-electron chi connectivity index (χ1n) is 2.57. The third-order valence-electron chi connectivity index (χ3n) is 0.928. The van der Waals surface area contributed by atoms with E-state index in [2.05, 4.69) is 26.2 Å². The van der Waals surface area contributed by atoms with Crippen molar-refractivity contribution in [1.82, 2.24) is 10.3 Å². The fourth-order valence-corrected chi connectivity index (χ4v) is 1.69. The van der Waals surface area contributed by atoms with Crippen molar-refractivity contribution in [3.05, 3.63) is 15.0 Å². The maximum Gasteiger partial charge on any atom is 0.262 e. The van der Waals surface area contributed by atoms with Crippen molar-refractivity contribution < 1.29 is 4.79 Å². The Morgan fingerprint density at radius 3 is 3.00 bits per heavy atom. The summed E-state index contributed by atoms with van der Waals surface area (Å²) in [4.78, 5) is 15.3. The summed E-state index contributed by atoms with van der Waals surface area (Å²) in [5.74, 6) is -0.0943. The summed E-state index contributed by atoms with van der Waals surface area (Å²) in [6, 6.07) is 0. The molecule has 0 aliphatic carbocycles. The second-order valence-electron chi connectivity index (χ2n) is 1.56. The van der Waals surface area contributed by atoms with Gasteiger partial charge in [0.25, 0.3) is 5.91 Å². The number of carbonyl (C=O) groups excluding carboxylic acids is 1. The van der Waals surface area contributed by atoms with E-state index in [4.69, 9.17) is 0 Å². The molecule has 10 heavy (non-hydrogen) atoms. The van der Waals surface area contributed by atoms with Crippen LogP contribution in [0.4, 0.5) is 0 Å². The minimum Gasteiger partial charge on any atom is -0.354 e. The number of thiazole rings is 1. The molecule has 0 bridgehead atoms. The molecule has 0 fully saturated rings. The molecule has 1 aromatic heterocycles. The highest BCUT2D eigenvalue weighted by Gasteiger charge is 2.05. The Labute approximate surface area is 70.6 Å². The molecule has 1 heterocycles. The topological polar surface area (TPSA) is 42.0 Å². The first kappa shape index (κ1) is 7.68. The number of aromatic nitrogens is 1. The zero-order valence-electron chi connectivity index (χ0n) is 5.22. The van der Waals surface area contributed by atoms with Gasteiger partial charge in [0.1, 0.15) is 4.88 Å². The molecule has 5 heteroatoms. The number of amides is 1. The van der Waals surface area contributed by atoms with E-state index in [9.17, 15) is 4.79 Å². The fraction of sp³-hybridized carbons (Fsp3) is 0.200. The molecule has 0 radical (unpaired) electrons. The summed E-state index contributed by atoms with van der Waals surface area (Å²) < 4.78 is 0.728. The van der Waals surface area contributed by atoms with Gasteiger partial charge >= 0.3 is 0 Å². The molecule has 3 nitrogen and oxygen atoms in total. The van der Waals surface area contributed by atoms with Crippen LogP contribution in [0.15, 0.2) is 10.1 Å². The standard InChI is InChI=1S/C5H5BrN2OS/c1-7-4(9)3-2-8-5(6)10-3/h2H,1H3,(H,7,9). The van der Waals surface area contributed by atoms with Crippen molar-refractivity contribution in [2.24, 2.45) is 0 Å². The largest absolute Gasteiger partial charge is 0.354 e. The predicted molar refractivity (Wildman–Crippen MR) is 43.2 cm³/mol. The highest BCUT2D eigenvalue weighted by atomic mass is 79.9. The van der Waals surface area contributed by atoms with Crippen LogP contribution in [-0.4, -0.2) is 17.9 Å². The van der Waals surface area contributed by atoms with Crippen molar-refractivity contribution in [3.63, 3.8) is 0 Å². The molecular formula is C5H5BrN2OS. The summed E-state index contributed by atoms with van der Waals surface area (Å²) >= 11 is 4.47. The zero-order valence-corrected chi connectivity index (χ0v) is 7.62. The summed E-state index contributed by atoms with van der Waals surface area (Å²) in [7, 11) is 1.59. The Kier molecular flexibility index (Phi) is 2.39. The van der Waals surface area contributed by atoms with Crippen LogP contribution in [0.3, 0.4) is 0 Å². The molecule has 0 saturated heterocycles. The summed E-state index contributed by atoms with van der Waals surface area (Å²) in [5, 5.41) is 2.51. The van der Waals surface area contributed by atoms with Crippen LogP contribution in [0, 0.1) is 0 Å². The molecular weight excluding hydrogens is 216 g/mol. The number of carbonyl (C=O) groups is 1. The van der Waals surface area contributed by atoms with E-state index >= 15 is 0 Å². The smallest absolute Gasteiger partial charge is 0.262 e. The maximum atomic E-state index is 10.9. The number of halogens is 1. The number of hydrogen-bond donors (Lipinski definition) is 1. The van der Waals surface area contributed by atoms with Gasteiger partial charge < -0.3 is 5.32 Å². The minimum atomic E-state index is -0.0943. The van der Waals surface area contributed by atoms with Crippen LogP contribution in [0.25, 0.3) is 0 Å². The van der Waals surface area contributed by atoms with E-state index in [0.717, 1.165) is 3.92 Å². The highest BCUT2D eigenvalue weighted by molar-refractivity contribution is 9.11. The van der Waals surface area contributed by atoms with Crippen molar-refractivity contribution in [2.75, 3.05) is 7.05 Å². The van der Waals surface area contributed by atoms with E-state index in [1.165, 1.54) is 17.5 Å². The zero-order chi connectivity index (χ0) is 7.56. The molecule has 1 N–H and O–H groups in total. The Balaban J connectivity index is 2.85. The van der Waals surface area contributed by atoms with E-state index < -0.39 is 0 Å². The van der Waals surface area contributed by atoms with Crippen LogP contribution in [0.1, 0.15) is 9.67 Å². The molecule has 1 aromatic rings. The van der Waals surface area contributed by atoms with Crippen LogP contribution < -0.4 is 5.32 Å². The Morgan fingerprint density at radius 2 is 2.60 bits per heavy atom. The molecule has 0 aliphatic rings.